The number of carbonyl (C=O) groups excluding carboxylic acids is 1. The van der Waals surface area contributed by atoms with E-state index in [1.54, 1.807) is 6.08 Å². The number of aryl methyl sites for hydroxylation is 3. The number of amides is 1. The second-order valence-corrected chi connectivity index (χ2v) is 9.20. The molecule has 33 heavy (non-hydrogen) atoms. The lowest BCUT2D eigenvalue weighted by molar-refractivity contribution is -0.114. The van der Waals surface area contributed by atoms with Gasteiger partial charge in [0.25, 0.3) is 5.91 Å². The second kappa shape index (κ2) is 8.01. The lowest BCUT2D eigenvalue weighted by Gasteiger charge is -2.20. The molecule has 1 aromatic heterocycles. The van der Waals surface area contributed by atoms with Gasteiger partial charge in [-0.25, -0.2) is 0 Å². The third-order valence-corrected chi connectivity index (χ3v) is 6.80. The Hall–Kier alpha value is -3.71. The Morgan fingerprint density at radius 3 is 2.55 bits per heavy atom. The van der Waals surface area contributed by atoms with Crippen molar-refractivity contribution < 1.29 is 4.79 Å². The lowest BCUT2D eigenvalue weighted by atomic mass is 10.1. The zero-order valence-electron chi connectivity index (χ0n) is 18.9. The maximum absolute atomic E-state index is 12.9. The summed E-state index contributed by atoms with van der Waals surface area (Å²) in [6.45, 7) is 8.15. The zero-order chi connectivity index (χ0) is 23.3. The molecular formula is C26H23N5OS. The van der Waals surface area contributed by atoms with Crippen LogP contribution in [0, 0.1) is 33.1 Å². The number of benzene rings is 2. The smallest absolute Gasteiger partial charge is 0.283 e. The topological polar surface area (TPSA) is 73.8 Å². The van der Waals surface area contributed by atoms with Crippen LogP contribution in [0.3, 0.4) is 0 Å². The minimum atomic E-state index is -0.416. The molecule has 0 radical (unpaired) electrons. The number of carbonyl (C=O) groups is 1. The fourth-order valence-corrected chi connectivity index (χ4v) is 5.15. The average Bonchev–Trinajstić information content (AvgIpc) is 3.32. The molecule has 3 heterocycles. The molecule has 0 bridgehead atoms. The Labute approximate surface area is 196 Å². The van der Waals surface area contributed by atoms with E-state index in [2.05, 4.69) is 39.8 Å². The fraction of sp³-hybridized carbons (Fsp3) is 0.154. The number of nitrogens with one attached hydrogen (secondary N) is 1. The third-order valence-electron chi connectivity index (χ3n) is 5.86. The van der Waals surface area contributed by atoms with E-state index in [0.717, 1.165) is 38.8 Å². The maximum atomic E-state index is 12.9. The van der Waals surface area contributed by atoms with E-state index in [4.69, 9.17) is 5.41 Å². The number of amidine groups is 2. The van der Waals surface area contributed by atoms with E-state index in [9.17, 15) is 4.79 Å². The van der Waals surface area contributed by atoms with Crippen molar-refractivity contribution in [2.45, 2.75) is 27.7 Å². The Balaban J connectivity index is 1.53. The van der Waals surface area contributed by atoms with E-state index in [0.29, 0.717) is 5.17 Å². The maximum Gasteiger partial charge on any atom is 0.283 e. The summed E-state index contributed by atoms with van der Waals surface area (Å²) in [6.07, 6.45) is 1.76. The van der Waals surface area contributed by atoms with E-state index >= 15 is 0 Å². The van der Waals surface area contributed by atoms with Gasteiger partial charge >= 0.3 is 0 Å². The lowest BCUT2D eigenvalue weighted by Crippen LogP contribution is -2.35. The van der Waals surface area contributed by atoms with Gasteiger partial charge in [-0.2, -0.15) is 15.1 Å². The van der Waals surface area contributed by atoms with Crippen molar-refractivity contribution in [2.75, 3.05) is 0 Å². The van der Waals surface area contributed by atoms with Gasteiger partial charge in [0.2, 0.25) is 5.17 Å². The number of rotatable bonds is 3. The van der Waals surface area contributed by atoms with Gasteiger partial charge in [-0.3, -0.25) is 10.2 Å². The largest absolute Gasteiger partial charge is 0.318 e. The quantitative estimate of drug-likeness (QED) is 0.541. The molecular weight excluding hydrogens is 430 g/mol. The first-order valence-corrected chi connectivity index (χ1v) is 11.5. The van der Waals surface area contributed by atoms with Gasteiger partial charge in [-0.15, -0.1) is 0 Å². The first kappa shape index (κ1) is 21.2. The third kappa shape index (κ3) is 3.64. The SMILES string of the molecule is Cc1cccc(-n2c(C)cc(/C=C3\C(=N)N4N=C(c5ccccc5C)SC4=NC3=O)c2C)c1. The van der Waals surface area contributed by atoms with E-state index in [1.165, 1.54) is 22.3 Å². The molecule has 6 nitrogen and oxygen atoms in total. The molecule has 0 spiro atoms. The van der Waals surface area contributed by atoms with Gasteiger partial charge in [0, 0.05) is 22.6 Å². The Morgan fingerprint density at radius 1 is 1.00 bits per heavy atom. The summed E-state index contributed by atoms with van der Waals surface area (Å²) in [4.78, 5) is 17.1. The van der Waals surface area contributed by atoms with Crippen LogP contribution in [0.1, 0.15) is 33.6 Å². The summed E-state index contributed by atoms with van der Waals surface area (Å²) in [5.41, 5.74) is 7.49. The minimum absolute atomic E-state index is 0.0430. The van der Waals surface area contributed by atoms with Crippen LogP contribution < -0.4 is 0 Å². The van der Waals surface area contributed by atoms with Gasteiger partial charge in [0.05, 0.1) is 5.57 Å². The van der Waals surface area contributed by atoms with E-state index in [-0.39, 0.29) is 11.4 Å². The molecule has 1 amide bonds. The van der Waals surface area contributed by atoms with Crippen LogP contribution in [0.2, 0.25) is 0 Å². The van der Waals surface area contributed by atoms with Crippen molar-refractivity contribution in [3.63, 3.8) is 0 Å². The second-order valence-electron chi connectivity index (χ2n) is 8.24. The highest BCUT2D eigenvalue weighted by molar-refractivity contribution is 8.27. The normalized spacial score (nSPS) is 16.8. The van der Waals surface area contributed by atoms with Crippen molar-refractivity contribution in [1.82, 2.24) is 9.58 Å². The molecule has 164 valence electrons. The highest BCUT2D eigenvalue weighted by Crippen LogP contribution is 2.32. The summed E-state index contributed by atoms with van der Waals surface area (Å²) >= 11 is 1.32. The van der Waals surface area contributed by atoms with Crippen molar-refractivity contribution in [3.8, 4) is 5.69 Å². The van der Waals surface area contributed by atoms with Crippen LogP contribution in [-0.2, 0) is 4.79 Å². The molecule has 2 aliphatic heterocycles. The summed E-state index contributed by atoms with van der Waals surface area (Å²) < 4.78 is 2.16. The van der Waals surface area contributed by atoms with E-state index < -0.39 is 5.91 Å². The van der Waals surface area contributed by atoms with Gasteiger partial charge in [0.1, 0.15) is 5.04 Å². The van der Waals surface area contributed by atoms with Crippen LogP contribution in [0.25, 0.3) is 11.8 Å². The highest BCUT2D eigenvalue weighted by atomic mass is 32.2. The van der Waals surface area contributed by atoms with Crippen LogP contribution in [-0.4, -0.2) is 31.5 Å². The number of aliphatic imine (C=N–C) groups is 1. The highest BCUT2D eigenvalue weighted by Gasteiger charge is 2.36. The predicted octanol–water partition coefficient (Wildman–Crippen LogP) is 5.38. The molecule has 7 heteroatoms. The van der Waals surface area contributed by atoms with Crippen molar-refractivity contribution >= 4 is 39.8 Å². The van der Waals surface area contributed by atoms with E-state index in [1.807, 2.05) is 57.2 Å². The zero-order valence-corrected chi connectivity index (χ0v) is 19.7. The van der Waals surface area contributed by atoms with Crippen LogP contribution in [0.5, 0.6) is 0 Å². The van der Waals surface area contributed by atoms with Crippen molar-refractivity contribution in [3.05, 3.63) is 93.8 Å². The van der Waals surface area contributed by atoms with Crippen LogP contribution in [0.15, 0.2) is 70.3 Å². The molecule has 1 N–H and O–H groups in total. The number of thioether (sulfide) groups is 1. The average molecular weight is 454 g/mol. The van der Waals surface area contributed by atoms with Crippen molar-refractivity contribution in [2.24, 2.45) is 10.1 Å². The number of nitrogens with zero attached hydrogens (tertiary/aromatic N) is 4. The van der Waals surface area contributed by atoms with Gasteiger partial charge in [0.15, 0.2) is 5.84 Å². The van der Waals surface area contributed by atoms with Gasteiger partial charge < -0.3 is 4.57 Å². The summed E-state index contributed by atoms with van der Waals surface area (Å²) in [7, 11) is 0. The molecule has 0 fully saturated rings. The van der Waals surface area contributed by atoms with Crippen LogP contribution in [0.4, 0.5) is 0 Å². The predicted molar refractivity (Wildman–Crippen MR) is 135 cm³/mol. The van der Waals surface area contributed by atoms with Gasteiger partial charge in [-0.1, -0.05) is 36.4 Å². The van der Waals surface area contributed by atoms with Gasteiger partial charge in [-0.05, 0) is 80.4 Å². The molecule has 0 saturated carbocycles. The summed E-state index contributed by atoms with van der Waals surface area (Å²) in [5.74, 6) is -0.373. The monoisotopic (exact) mass is 453 g/mol. The minimum Gasteiger partial charge on any atom is -0.318 e. The van der Waals surface area contributed by atoms with Crippen LogP contribution >= 0.6 is 11.8 Å². The molecule has 0 unspecified atom stereocenters. The molecule has 0 aliphatic carbocycles. The first-order valence-electron chi connectivity index (χ1n) is 10.7. The van der Waals surface area contributed by atoms with Crippen molar-refractivity contribution in [1.29, 1.82) is 5.41 Å². The number of fused-ring (bicyclic) bond motifs is 1. The number of hydrogen-bond acceptors (Lipinski definition) is 4. The standard InChI is InChI=1S/C26H23N5OS/c1-15-8-7-10-20(12-15)30-17(3)13-19(18(30)4)14-22-23(27)31-26(28-24(22)32)33-25(29-31)21-11-6-5-9-16(21)2/h5-14,27H,1-4H3/b22-14+,27-23?. The Bertz CT molecular complexity index is 1430. The first-order chi connectivity index (χ1) is 15.8. The summed E-state index contributed by atoms with van der Waals surface area (Å²) in [6, 6.07) is 18.3. The molecule has 5 rings (SSSR count). The molecule has 2 aliphatic rings. The molecule has 3 aromatic rings. The number of hydrazone groups is 1. The summed E-state index contributed by atoms with van der Waals surface area (Å²) in [5, 5.41) is 15.9. The molecule has 0 atom stereocenters. The molecule has 2 aromatic carbocycles. The Kier molecular flexibility index (Phi) is 5.13. The number of aromatic nitrogens is 1. The number of hydrogen-bond donors (Lipinski definition) is 1. The Morgan fingerprint density at radius 2 is 1.79 bits per heavy atom. The fourth-order valence-electron chi connectivity index (χ4n) is 4.17. The molecule has 0 saturated heterocycles.